The Labute approximate surface area is 119 Å². The number of nitrogens with two attached hydrogens (primary N) is 1. The largest absolute Gasteiger partial charge is 0.366 e. The van der Waals surface area contributed by atoms with Gasteiger partial charge in [0.15, 0.2) is 0 Å². The maximum Gasteiger partial charge on any atom is 0.291 e. The lowest BCUT2D eigenvalue weighted by Gasteiger charge is -2.21. The fraction of sp³-hybridized carbons (Fsp3) is 0.308. The molecule has 2 aromatic rings. The summed E-state index contributed by atoms with van der Waals surface area (Å²) in [6.45, 7) is 0.0518. The first-order valence-electron chi connectivity index (χ1n) is 6.47. The van der Waals surface area contributed by atoms with E-state index < -0.39 is 17.5 Å². The molecule has 21 heavy (non-hydrogen) atoms. The van der Waals surface area contributed by atoms with Gasteiger partial charge in [-0.1, -0.05) is 6.07 Å². The van der Waals surface area contributed by atoms with Crippen molar-refractivity contribution in [2.24, 2.45) is 0 Å². The number of nitrogens with one attached hydrogen (secondary N) is 1. The van der Waals surface area contributed by atoms with Crippen LogP contribution in [0.4, 0.5) is 14.7 Å². The summed E-state index contributed by atoms with van der Waals surface area (Å²) in [5, 5.41) is 6.05. The number of nitrogens with zero attached hydrogens (tertiary/aromatic N) is 3. The summed E-state index contributed by atoms with van der Waals surface area (Å²) in [5.74, 6) is -1.73. The molecular formula is C13H13F2N5O. The standard InChI is InChI=1S/C13H13F2N5O/c14-8-2-1-7(10(15)5-8)6-20(9-3-4-9)12(21)11-17-13(16)19-18-11/h1-2,5,9H,3-4,6H2,(H3,16,17,18,19). The van der Waals surface area contributed by atoms with Crippen LogP contribution in [0.1, 0.15) is 29.0 Å². The van der Waals surface area contributed by atoms with Crippen LogP contribution in [0.3, 0.4) is 0 Å². The van der Waals surface area contributed by atoms with Gasteiger partial charge in [0.2, 0.25) is 11.8 Å². The van der Waals surface area contributed by atoms with Crippen molar-refractivity contribution in [3.05, 3.63) is 41.2 Å². The second-order valence-electron chi connectivity index (χ2n) is 4.94. The highest BCUT2D eigenvalue weighted by atomic mass is 19.1. The maximum absolute atomic E-state index is 13.7. The molecule has 0 bridgehead atoms. The average molecular weight is 293 g/mol. The third-order valence-corrected chi connectivity index (χ3v) is 3.31. The Morgan fingerprint density at radius 3 is 2.76 bits per heavy atom. The fourth-order valence-electron chi connectivity index (χ4n) is 2.09. The topological polar surface area (TPSA) is 87.9 Å². The van der Waals surface area contributed by atoms with Crippen LogP contribution in [-0.2, 0) is 6.54 Å². The van der Waals surface area contributed by atoms with Gasteiger partial charge in [-0.15, -0.1) is 5.10 Å². The minimum Gasteiger partial charge on any atom is -0.366 e. The SMILES string of the molecule is Nc1n[nH]c(C(=O)N(Cc2ccc(F)cc2F)C2CC2)n1. The molecule has 1 aliphatic rings. The lowest BCUT2D eigenvalue weighted by molar-refractivity contribution is 0.0716. The van der Waals surface area contributed by atoms with E-state index in [2.05, 4.69) is 15.2 Å². The molecule has 0 atom stereocenters. The quantitative estimate of drug-likeness (QED) is 0.893. The molecule has 110 valence electrons. The van der Waals surface area contributed by atoms with Crippen molar-refractivity contribution in [1.82, 2.24) is 20.1 Å². The first-order chi connectivity index (χ1) is 10.0. The predicted molar refractivity (Wildman–Crippen MR) is 70.0 cm³/mol. The van der Waals surface area contributed by atoms with E-state index in [0.29, 0.717) is 0 Å². The number of aromatic nitrogens is 3. The van der Waals surface area contributed by atoms with Crippen molar-refractivity contribution in [2.75, 3.05) is 5.73 Å². The lowest BCUT2D eigenvalue weighted by Crippen LogP contribution is -2.33. The zero-order valence-electron chi connectivity index (χ0n) is 11.0. The van der Waals surface area contributed by atoms with E-state index in [4.69, 9.17) is 5.73 Å². The van der Waals surface area contributed by atoms with Gasteiger partial charge in [0.25, 0.3) is 5.91 Å². The summed E-state index contributed by atoms with van der Waals surface area (Å²) >= 11 is 0. The van der Waals surface area contributed by atoms with Gasteiger partial charge in [-0.25, -0.2) is 8.78 Å². The summed E-state index contributed by atoms with van der Waals surface area (Å²) < 4.78 is 26.7. The lowest BCUT2D eigenvalue weighted by atomic mass is 10.2. The smallest absolute Gasteiger partial charge is 0.291 e. The molecule has 1 fully saturated rings. The van der Waals surface area contributed by atoms with Gasteiger partial charge < -0.3 is 10.6 Å². The molecule has 1 heterocycles. The maximum atomic E-state index is 13.7. The molecule has 3 N–H and O–H groups in total. The highest BCUT2D eigenvalue weighted by Gasteiger charge is 2.34. The van der Waals surface area contributed by atoms with Gasteiger partial charge in [0.1, 0.15) is 11.6 Å². The van der Waals surface area contributed by atoms with E-state index in [1.165, 1.54) is 17.0 Å². The summed E-state index contributed by atoms with van der Waals surface area (Å²) in [7, 11) is 0. The Kier molecular flexibility index (Phi) is 3.28. The van der Waals surface area contributed by atoms with Crippen molar-refractivity contribution in [3.63, 3.8) is 0 Å². The third kappa shape index (κ3) is 2.83. The number of rotatable bonds is 4. The number of halogens is 2. The molecule has 0 saturated heterocycles. The molecule has 0 unspecified atom stereocenters. The van der Waals surface area contributed by atoms with Crippen LogP contribution >= 0.6 is 0 Å². The van der Waals surface area contributed by atoms with Gasteiger partial charge >= 0.3 is 0 Å². The number of carbonyl (C=O) groups excluding carboxylic acids is 1. The van der Waals surface area contributed by atoms with Crippen molar-refractivity contribution >= 4 is 11.9 Å². The van der Waals surface area contributed by atoms with E-state index in [9.17, 15) is 13.6 Å². The molecule has 3 rings (SSSR count). The minimum atomic E-state index is -0.675. The zero-order valence-corrected chi connectivity index (χ0v) is 11.0. The van der Waals surface area contributed by atoms with Gasteiger partial charge in [0.05, 0.1) is 0 Å². The number of anilines is 1. The van der Waals surface area contributed by atoms with E-state index in [1.54, 1.807) is 0 Å². The number of nitrogen functional groups attached to an aromatic ring is 1. The number of benzene rings is 1. The van der Waals surface area contributed by atoms with Crippen LogP contribution in [0.25, 0.3) is 0 Å². The number of hydrogen-bond donors (Lipinski definition) is 2. The van der Waals surface area contributed by atoms with E-state index >= 15 is 0 Å². The second kappa shape index (κ2) is 5.12. The fourth-order valence-corrected chi connectivity index (χ4v) is 2.09. The Bertz CT molecular complexity index is 683. The third-order valence-electron chi connectivity index (χ3n) is 3.31. The highest BCUT2D eigenvalue weighted by molar-refractivity contribution is 5.91. The number of carbonyl (C=O) groups is 1. The first-order valence-corrected chi connectivity index (χ1v) is 6.47. The molecule has 6 nitrogen and oxygen atoms in total. The van der Waals surface area contributed by atoms with Crippen LogP contribution in [0.2, 0.25) is 0 Å². The van der Waals surface area contributed by atoms with E-state index in [-0.39, 0.29) is 29.9 Å². The molecule has 1 aliphatic carbocycles. The van der Waals surface area contributed by atoms with Gasteiger partial charge in [-0.05, 0) is 18.9 Å². The van der Waals surface area contributed by atoms with E-state index in [1.807, 2.05) is 0 Å². The van der Waals surface area contributed by atoms with Crippen LogP contribution < -0.4 is 5.73 Å². The first kappa shape index (κ1) is 13.5. The molecule has 0 spiro atoms. The summed E-state index contributed by atoms with van der Waals surface area (Å²) in [5.41, 5.74) is 5.63. The van der Waals surface area contributed by atoms with Crippen LogP contribution in [-0.4, -0.2) is 32.0 Å². The molecule has 8 heteroatoms. The van der Waals surface area contributed by atoms with Crippen LogP contribution in [0, 0.1) is 11.6 Å². The Balaban J connectivity index is 1.83. The monoisotopic (exact) mass is 293 g/mol. The van der Waals surface area contributed by atoms with Crippen LogP contribution in [0.15, 0.2) is 18.2 Å². The Morgan fingerprint density at radius 1 is 1.43 bits per heavy atom. The van der Waals surface area contributed by atoms with Crippen molar-refractivity contribution in [3.8, 4) is 0 Å². The van der Waals surface area contributed by atoms with Crippen molar-refractivity contribution in [2.45, 2.75) is 25.4 Å². The Hall–Kier alpha value is -2.51. The van der Waals surface area contributed by atoms with Gasteiger partial charge in [-0.2, -0.15) is 4.98 Å². The molecule has 1 aromatic carbocycles. The number of H-pyrrole nitrogens is 1. The molecule has 0 aliphatic heterocycles. The number of aromatic amines is 1. The summed E-state index contributed by atoms with van der Waals surface area (Å²) in [4.78, 5) is 17.6. The second-order valence-corrected chi connectivity index (χ2v) is 4.94. The summed E-state index contributed by atoms with van der Waals surface area (Å²) in [6.07, 6.45) is 1.69. The van der Waals surface area contributed by atoms with Gasteiger partial charge in [-0.3, -0.25) is 9.89 Å². The summed E-state index contributed by atoms with van der Waals surface area (Å²) in [6, 6.07) is 3.34. The van der Waals surface area contributed by atoms with Gasteiger partial charge in [0, 0.05) is 24.2 Å². The number of amides is 1. The molecule has 1 saturated carbocycles. The predicted octanol–water partition coefficient (Wildman–Crippen LogP) is 1.47. The molecule has 1 aromatic heterocycles. The average Bonchev–Trinajstić information content (AvgIpc) is 3.18. The molecular weight excluding hydrogens is 280 g/mol. The van der Waals surface area contributed by atoms with Crippen molar-refractivity contribution < 1.29 is 13.6 Å². The van der Waals surface area contributed by atoms with Crippen molar-refractivity contribution in [1.29, 1.82) is 0 Å². The molecule has 1 amide bonds. The molecule has 0 radical (unpaired) electrons. The zero-order chi connectivity index (χ0) is 15.0. The van der Waals surface area contributed by atoms with Crippen LogP contribution in [0.5, 0.6) is 0 Å². The minimum absolute atomic E-state index is 0.0157. The highest BCUT2D eigenvalue weighted by Crippen LogP contribution is 2.30. The normalized spacial score (nSPS) is 14.2. The number of hydrogen-bond acceptors (Lipinski definition) is 4. The Morgan fingerprint density at radius 2 is 2.19 bits per heavy atom. The van der Waals surface area contributed by atoms with E-state index in [0.717, 1.165) is 18.9 Å².